The van der Waals surface area contributed by atoms with E-state index in [1.54, 1.807) is 6.92 Å². The molecule has 1 aromatic rings. The van der Waals surface area contributed by atoms with E-state index in [2.05, 4.69) is 24.8 Å². The second kappa shape index (κ2) is 7.51. The maximum absolute atomic E-state index is 9.69. The molecule has 118 valence electrons. The second-order valence-corrected chi connectivity index (χ2v) is 7.11. The van der Waals surface area contributed by atoms with Gasteiger partial charge in [0.15, 0.2) is 0 Å². The third-order valence-electron chi connectivity index (χ3n) is 4.48. The predicted octanol–water partition coefficient (Wildman–Crippen LogP) is 5.19. The summed E-state index contributed by atoms with van der Waals surface area (Å²) in [6.45, 7) is 7.38. The monoisotopic (exact) mass is 309 g/mol. The summed E-state index contributed by atoms with van der Waals surface area (Å²) in [4.78, 5) is 2.50. The lowest BCUT2D eigenvalue weighted by Crippen LogP contribution is -2.35. The van der Waals surface area contributed by atoms with E-state index in [0.717, 1.165) is 22.8 Å². The lowest BCUT2D eigenvalue weighted by atomic mass is 10.1. The van der Waals surface area contributed by atoms with Crippen LogP contribution in [0.15, 0.2) is 18.2 Å². The van der Waals surface area contributed by atoms with Crippen LogP contribution in [0.25, 0.3) is 0 Å². The zero-order valence-corrected chi connectivity index (χ0v) is 14.2. The van der Waals surface area contributed by atoms with Crippen LogP contribution in [0.4, 0.5) is 5.69 Å². The maximum Gasteiger partial charge on any atom is 0.0762 e. The number of anilines is 1. The highest BCUT2D eigenvalue weighted by Gasteiger charge is 2.24. The fraction of sp³-hybridized carbons (Fsp3) is 0.667. The minimum Gasteiger partial charge on any atom is -0.389 e. The van der Waals surface area contributed by atoms with Gasteiger partial charge in [-0.3, -0.25) is 0 Å². The largest absolute Gasteiger partial charge is 0.389 e. The number of rotatable bonds is 6. The van der Waals surface area contributed by atoms with Crippen molar-refractivity contribution in [3.8, 4) is 0 Å². The van der Waals surface area contributed by atoms with Crippen LogP contribution in [0.2, 0.25) is 5.02 Å². The lowest BCUT2D eigenvalue weighted by molar-refractivity contribution is 0.199. The SMILES string of the molecule is CC(C)CCN(c1ccc([C@@H](C)O)cc1Cl)C1CCCC1. The quantitative estimate of drug-likeness (QED) is 0.782. The third-order valence-corrected chi connectivity index (χ3v) is 4.78. The Bertz CT molecular complexity index is 453. The van der Waals surface area contributed by atoms with Crippen molar-refractivity contribution in [1.29, 1.82) is 0 Å². The van der Waals surface area contributed by atoms with Crippen molar-refractivity contribution in [2.75, 3.05) is 11.4 Å². The van der Waals surface area contributed by atoms with E-state index in [0.29, 0.717) is 12.0 Å². The molecule has 1 aromatic carbocycles. The van der Waals surface area contributed by atoms with E-state index >= 15 is 0 Å². The van der Waals surface area contributed by atoms with Crippen LogP contribution in [0.1, 0.15) is 64.5 Å². The molecule has 1 fully saturated rings. The summed E-state index contributed by atoms with van der Waals surface area (Å²) < 4.78 is 0. The molecule has 0 saturated heterocycles. The summed E-state index contributed by atoms with van der Waals surface area (Å²) in [5, 5.41) is 10.5. The molecule has 1 aliphatic rings. The van der Waals surface area contributed by atoms with Gasteiger partial charge in [0, 0.05) is 12.6 Å². The Morgan fingerprint density at radius 3 is 2.43 bits per heavy atom. The second-order valence-electron chi connectivity index (χ2n) is 6.70. The molecule has 0 aromatic heterocycles. The first kappa shape index (κ1) is 16.6. The van der Waals surface area contributed by atoms with Crippen molar-refractivity contribution in [2.24, 2.45) is 5.92 Å². The van der Waals surface area contributed by atoms with E-state index < -0.39 is 6.10 Å². The molecule has 21 heavy (non-hydrogen) atoms. The fourth-order valence-electron chi connectivity index (χ4n) is 3.13. The van der Waals surface area contributed by atoms with Crippen LogP contribution in [0.3, 0.4) is 0 Å². The Labute approximate surface area is 134 Å². The fourth-order valence-corrected chi connectivity index (χ4v) is 3.43. The smallest absolute Gasteiger partial charge is 0.0762 e. The van der Waals surface area contributed by atoms with Gasteiger partial charge in [-0.25, -0.2) is 0 Å². The lowest BCUT2D eigenvalue weighted by Gasteiger charge is -2.33. The predicted molar refractivity (Wildman–Crippen MR) is 91.1 cm³/mol. The molecule has 0 heterocycles. The Kier molecular flexibility index (Phi) is 5.95. The van der Waals surface area contributed by atoms with Crippen molar-refractivity contribution >= 4 is 17.3 Å². The molecular weight excluding hydrogens is 282 g/mol. The number of aliphatic hydroxyl groups is 1. The van der Waals surface area contributed by atoms with Gasteiger partial charge in [0.25, 0.3) is 0 Å². The number of halogens is 1. The third kappa shape index (κ3) is 4.37. The first-order valence-electron chi connectivity index (χ1n) is 8.23. The highest BCUT2D eigenvalue weighted by Crippen LogP contribution is 2.34. The normalized spacial score (nSPS) is 17.4. The summed E-state index contributed by atoms with van der Waals surface area (Å²) in [5.74, 6) is 0.699. The molecular formula is C18H28ClNO. The Balaban J connectivity index is 2.22. The number of hydrogen-bond acceptors (Lipinski definition) is 2. The number of benzene rings is 1. The van der Waals surface area contributed by atoms with Crippen molar-refractivity contribution in [1.82, 2.24) is 0 Å². The van der Waals surface area contributed by atoms with Crippen LogP contribution < -0.4 is 4.90 Å². The van der Waals surface area contributed by atoms with Gasteiger partial charge in [0.1, 0.15) is 0 Å². The average Bonchev–Trinajstić information content (AvgIpc) is 2.94. The van der Waals surface area contributed by atoms with Gasteiger partial charge < -0.3 is 10.0 Å². The number of aliphatic hydroxyl groups excluding tert-OH is 1. The highest BCUT2D eigenvalue weighted by molar-refractivity contribution is 6.33. The Morgan fingerprint density at radius 2 is 1.90 bits per heavy atom. The van der Waals surface area contributed by atoms with Crippen LogP contribution in [-0.2, 0) is 0 Å². The molecule has 3 heteroatoms. The average molecular weight is 310 g/mol. The molecule has 1 N–H and O–H groups in total. The van der Waals surface area contributed by atoms with Crippen molar-refractivity contribution in [2.45, 2.75) is 65.0 Å². The summed E-state index contributed by atoms with van der Waals surface area (Å²) in [5.41, 5.74) is 2.02. The molecule has 1 saturated carbocycles. The molecule has 0 bridgehead atoms. The molecule has 1 aliphatic carbocycles. The zero-order valence-electron chi connectivity index (χ0n) is 13.5. The van der Waals surface area contributed by atoms with Gasteiger partial charge >= 0.3 is 0 Å². The molecule has 0 amide bonds. The van der Waals surface area contributed by atoms with Gasteiger partial charge in [-0.2, -0.15) is 0 Å². The van der Waals surface area contributed by atoms with E-state index in [4.69, 9.17) is 11.6 Å². The summed E-state index contributed by atoms with van der Waals surface area (Å²) in [6, 6.07) is 6.63. The van der Waals surface area contributed by atoms with Crippen molar-refractivity contribution in [3.63, 3.8) is 0 Å². The molecule has 0 aliphatic heterocycles. The van der Waals surface area contributed by atoms with Gasteiger partial charge in [-0.1, -0.05) is 44.4 Å². The van der Waals surface area contributed by atoms with Gasteiger partial charge in [-0.05, 0) is 49.8 Å². The molecule has 2 rings (SSSR count). The zero-order chi connectivity index (χ0) is 15.4. The van der Waals surface area contributed by atoms with Gasteiger partial charge in [-0.15, -0.1) is 0 Å². The summed E-state index contributed by atoms with van der Waals surface area (Å²) in [6.07, 6.45) is 5.91. The van der Waals surface area contributed by atoms with Crippen LogP contribution >= 0.6 is 11.6 Å². The minimum absolute atomic E-state index is 0.466. The van der Waals surface area contributed by atoms with Gasteiger partial charge in [0.05, 0.1) is 16.8 Å². The van der Waals surface area contributed by atoms with Crippen LogP contribution in [0.5, 0.6) is 0 Å². The van der Waals surface area contributed by atoms with E-state index in [1.807, 2.05) is 12.1 Å². The molecule has 2 nitrogen and oxygen atoms in total. The Morgan fingerprint density at radius 1 is 1.24 bits per heavy atom. The molecule has 0 spiro atoms. The standard InChI is InChI=1S/C18H28ClNO/c1-13(2)10-11-20(16-6-4-5-7-16)18-9-8-15(14(3)21)12-17(18)19/h8-9,12-14,16,21H,4-7,10-11H2,1-3H3/t14-/m1/s1. The first-order valence-corrected chi connectivity index (χ1v) is 8.61. The number of hydrogen-bond donors (Lipinski definition) is 1. The molecule has 1 atom stereocenters. The molecule has 0 unspecified atom stereocenters. The van der Waals surface area contributed by atoms with Gasteiger partial charge in [0.2, 0.25) is 0 Å². The van der Waals surface area contributed by atoms with E-state index in [1.165, 1.54) is 32.1 Å². The molecule has 0 radical (unpaired) electrons. The first-order chi connectivity index (χ1) is 9.99. The summed E-state index contributed by atoms with van der Waals surface area (Å²) in [7, 11) is 0. The Hall–Kier alpha value is -0.730. The summed E-state index contributed by atoms with van der Waals surface area (Å²) >= 11 is 6.51. The van der Waals surface area contributed by atoms with Crippen molar-refractivity contribution < 1.29 is 5.11 Å². The van der Waals surface area contributed by atoms with Crippen molar-refractivity contribution in [3.05, 3.63) is 28.8 Å². The topological polar surface area (TPSA) is 23.5 Å². The minimum atomic E-state index is -0.466. The van der Waals surface area contributed by atoms with Crippen LogP contribution in [0, 0.1) is 5.92 Å². The number of nitrogens with zero attached hydrogens (tertiary/aromatic N) is 1. The van der Waals surface area contributed by atoms with E-state index in [-0.39, 0.29) is 0 Å². The van der Waals surface area contributed by atoms with E-state index in [9.17, 15) is 5.11 Å². The highest BCUT2D eigenvalue weighted by atomic mass is 35.5. The van der Waals surface area contributed by atoms with Crippen LogP contribution in [-0.4, -0.2) is 17.7 Å². The maximum atomic E-state index is 9.69.